The predicted molar refractivity (Wildman–Crippen MR) is 80.7 cm³/mol. The molecule has 6 nitrogen and oxygen atoms in total. The summed E-state index contributed by atoms with van der Waals surface area (Å²) in [5.41, 5.74) is 0.0523. The molecule has 0 bridgehead atoms. The molecule has 0 N–H and O–H groups in total. The lowest BCUT2D eigenvalue weighted by atomic mass is 10.1. The van der Waals surface area contributed by atoms with Gasteiger partial charge in [0.05, 0.1) is 4.92 Å². The first-order valence-electron chi connectivity index (χ1n) is 6.76. The SMILES string of the molecule is CN1CCC(CN(C)C(=O)c2ccc(Cl)c([N+](=O)[O-])c2)C1. The highest BCUT2D eigenvalue weighted by Gasteiger charge is 2.24. The number of benzene rings is 1. The molecule has 0 spiro atoms. The Balaban J connectivity index is 2.08. The van der Waals surface area contributed by atoms with Gasteiger partial charge < -0.3 is 9.80 Å². The number of halogens is 1. The van der Waals surface area contributed by atoms with Gasteiger partial charge in [0.25, 0.3) is 11.6 Å². The minimum atomic E-state index is -0.578. The molecule has 1 fully saturated rings. The lowest BCUT2D eigenvalue weighted by Crippen LogP contribution is -2.32. The van der Waals surface area contributed by atoms with Crippen LogP contribution in [0, 0.1) is 16.0 Å². The minimum absolute atomic E-state index is 0.0385. The van der Waals surface area contributed by atoms with Crippen LogP contribution in [0.1, 0.15) is 16.8 Å². The largest absolute Gasteiger partial charge is 0.341 e. The number of nitro groups is 1. The number of carbonyl (C=O) groups is 1. The standard InChI is InChI=1S/C14H18ClN3O3/c1-16-6-5-10(8-16)9-17(2)14(19)11-3-4-12(15)13(7-11)18(20)21/h3-4,7,10H,5-6,8-9H2,1-2H3. The molecular formula is C14H18ClN3O3. The number of likely N-dealkylation sites (tertiary alicyclic amines) is 1. The Labute approximate surface area is 128 Å². The van der Waals surface area contributed by atoms with Gasteiger partial charge in [-0.2, -0.15) is 0 Å². The number of nitrogens with zero attached hydrogens (tertiary/aromatic N) is 3. The summed E-state index contributed by atoms with van der Waals surface area (Å²) < 4.78 is 0. The fourth-order valence-electron chi connectivity index (χ4n) is 2.65. The van der Waals surface area contributed by atoms with Crippen LogP contribution in [0.15, 0.2) is 18.2 Å². The third kappa shape index (κ3) is 3.71. The molecule has 0 aromatic heterocycles. The summed E-state index contributed by atoms with van der Waals surface area (Å²) in [4.78, 5) is 26.5. The average Bonchev–Trinajstić information content (AvgIpc) is 2.83. The lowest BCUT2D eigenvalue weighted by molar-refractivity contribution is -0.384. The number of rotatable bonds is 4. The van der Waals surface area contributed by atoms with Crippen molar-refractivity contribution in [3.8, 4) is 0 Å². The molecule has 1 heterocycles. The maximum absolute atomic E-state index is 12.3. The van der Waals surface area contributed by atoms with Crippen LogP contribution < -0.4 is 0 Å². The molecule has 1 saturated heterocycles. The number of carbonyl (C=O) groups excluding carboxylic acids is 1. The van der Waals surface area contributed by atoms with Gasteiger partial charge in [0, 0.05) is 31.8 Å². The van der Waals surface area contributed by atoms with Crippen molar-refractivity contribution in [1.82, 2.24) is 9.80 Å². The van der Waals surface area contributed by atoms with E-state index in [4.69, 9.17) is 11.6 Å². The molecule has 1 aliphatic heterocycles. The van der Waals surface area contributed by atoms with Crippen LogP contribution in [-0.4, -0.2) is 54.4 Å². The van der Waals surface area contributed by atoms with E-state index < -0.39 is 4.92 Å². The molecule has 1 aliphatic rings. The molecule has 21 heavy (non-hydrogen) atoms. The molecule has 0 radical (unpaired) electrons. The first-order valence-corrected chi connectivity index (χ1v) is 7.14. The van der Waals surface area contributed by atoms with Crippen LogP contribution in [0.25, 0.3) is 0 Å². The Morgan fingerprint density at radius 2 is 2.29 bits per heavy atom. The second-order valence-electron chi connectivity index (χ2n) is 5.53. The molecule has 1 aromatic rings. The lowest BCUT2D eigenvalue weighted by Gasteiger charge is -2.21. The maximum Gasteiger partial charge on any atom is 0.288 e. The smallest absolute Gasteiger partial charge is 0.288 e. The molecule has 1 amide bonds. The molecule has 7 heteroatoms. The number of amides is 1. The van der Waals surface area contributed by atoms with Gasteiger partial charge in [0.2, 0.25) is 0 Å². The monoisotopic (exact) mass is 311 g/mol. The third-order valence-electron chi connectivity index (χ3n) is 3.76. The Kier molecular flexibility index (Phi) is 4.80. The maximum atomic E-state index is 12.3. The first-order chi connectivity index (χ1) is 9.88. The molecule has 0 aliphatic carbocycles. The highest BCUT2D eigenvalue weighted by atomic mass is 35.5. The number of hydrogen-bond acceptors (Lipinski definition) is 4. The van der Waals surface area contributed by atoms with E-state index in [2.05, 4.69) is 11.9 Å². The van der Waals surface area contributed by atoms with Crippen molar-refractivity contribution in [2.45, 2.75) is 6.42 Å². The Bertz CT molecular complexity index is 564. The fraction of sp³-hybridized carbons (Fsp3) is 0.500. The molecule has 1 unspecified atom stereocenters. The summed E-state index contributed by atoms with van der Waals surface area (Å²) in [5, 5.41) is 10.9. The first kappa shape index (κ1) is 15.7. The average molecular weight is 312 g/mol. The van der Waals surface area contributed by atoms with Crippen LogP contribution >= 0.6 is 11.6 Å². The zero-order chi connectivity index (χ0) is 15.6. The van der Waals surface area contributed by atoms with Gasteiger partial charge in [-0.15, -0.1) is 0 Å². The van der Waals surface area contributed by atoms with E-state index in [9.17, 15) is 14.9 Å². The zero-order valence-electron chi connectivity index (χ0n) is 12.1. The molecule has 0 saturated carbocycles. The van der Waals surface area contributed by atoms with E-state index in [1.54, 1.807) is 11.9 Å². The highest BCUT2D eigenvalue weighted by molar-refractivity contribution is 6.32. The predicted octanol–water partition coefficient (Wildman–Crippen LogP) is 2.27. The van der Waals surface area contributed by atoms with Crippen LogP contribution in [0.4, 0.5) is 5.69 Å². The summed E-state index contributed by atoms with van der Waals surface area (Å²) in [6.07, 6.45) is 1.06. The summed E-state index contributed by atoms with van der Waals surface area (Å²) in [6.45, 7) is 2.66. The number of nitro benzene ring substituents is 1. The molecule has 1 atom stereocenters. The molecular weight excluding hydrogens is 294 g/mol. The highest BCUT2D eigenvalue weighted by Crippen LogP contribution is 2.26. The van der Waals surface area contributed by atoms with E-state index in [0.29, 0.717) is 18.0 Å². The normalized spacial score (nSPS) is 18.7. The summed E-state index contributed by atoms with van der Waals surface area (Å²) in [6, 6.07) is 4.15. The van der Waals surface area contributed by atoms with E-state index in [-0.39, 0.29) is 16.6 Å². The van der Waals surface area contributed by atoms with Gasteiger partial charge in [0.1, 0.15) is 5.02 Å². The van der Waals surface area contributed by atoms with Crippen LogP contribution in [-0.2, 0) is 0 Å². The minimum Gasteiger partial charge on any atom is -0.341 e. The van der Waals surface area contributed by atoms with Crippen molar-refractivity contribution in [1.29, 1.82) is 0 Å². The Morgan fingerprint density at radius 3 is 2.86 bits per heavy atom. The topological polar surface area (TPSA) is 66.7 Å². The van der Waals surface area contributed by atoms with Crippen molar-refractivity contribution in [3.63, 3.8) is 0 Å². The summed E-state index contributed by atoms with van der Waals surface area (Å²) >= 11 is 5.76. The van der Waals surface area contributed by atoms with Crippen LogP contribution in [0.2, 0.25) is 5.02 Å². The van der Waals surface area contributed by atoms with Gasteiger partial charge in [-0.25, -0.2) is 0 Å². The molecule has 1 aromatic carbocycles. The van der Waals surface area contributed by atoms with Crippen LogP contribution in [0.5, 0.6) is 0 Å². The van der Waals surface area contributed by atoms with E-state index in [1.165, 1.54) is 18.2 Å². The van der Waals surface area contributed by atoms with E-state index >= 15 is 0 Å². The summed E-state index contributed by atoms with van der Waals surface area (Å²) in [7, 11) is 3.78. The van der Waals surface area contributed by atoms with Gasteiger partial charge in [-0.1, -0.05) is 11.6 Å². The summed E-state index contributed by atoms with van der Waals surface area (Å²) in [5.74, 6) is 0.232. The molecule has 2 rings (SSSR count). The quantitative estimate of drug-likeness (QED) is 0.632. The van der Waals surface area contributed by atoms with Gasteiger partial charge in [0.15, 0.2) is 0 Å². The second-order valence-corrected chi connectivity index (χ2v) is 5.93. The van der Waals surface area contributed by atoms with Crippen molar-refractivity contribution in [2.24, 2.45) is 5.92 Å². The van der Waals surface area contributed by atoms with Crippen molar-refractivity contribution in [2.75, 3.05) is 33.7 Å². The van der Waals surface area contributed by atoms with Crippen LogP contribution in [0.3, 0.4) is 0 Å². The fourth-order valence-corrected chi connectivity index (χ4v) is 2.84. The Morgan fingerprint density at radius 1 is 1.57 bits per heavy atom. The van der Waals surface area contributed by atoms with Gasteiger partial charge >= 0.3 is 0 Å². The van der Waals surface area contributed by atoms with Gasteiger partial charge in [-0.05, 0) is 38.1 Å². The Hall–Kier alpha value is -1.66. The van der Waals surface area contributed by atoms with Gasteiger partial charge in [-0.3, -0.25) is 14.9 Å². The third-order valence-corrected chi connectivity index (χ3v) is 4.08. The zero-order valence-corrected chi connectivity index (χ0v) is 12.8. The van der Waals surface area contributed by atoms with Crippen molar-refractivity contribution < 1.29 is 9.72 Å². The van der Waals surface area contributed by atoms with E-state index in [1.807, 2.05) is 0 Å². The van der Waals surface area contributed by atoms with E-state index in [0.717, 1.165) is 19.5 Å². The van der Waals surface area contributed by atoms with Crippen molar-refractivity contribution >= 4 is 23.2 Å². The molecule has 114 valence electrons. The van der Waals surface area contributed by atoms with Crippen molar-refractivity contribution in [3.05, 3.63) is 38.9 Å². The number of hydrogen-bond donors (Lipinski definition) is 0. The second kappa shape index (κ2) is 6.41.